The Morgan fingerprint density at radius 3 is 2.04 bits per heavy atom. The first-order chi connectivity index (χ1) is 21.3. The average Bonchev–Trinajstić information content (AvgIpc) is 3.48. The molecule has 1 aliphatic heterocycles. The summed E-state index contributed by atoms with van der Waals surface area (Å²) in [6.45, 7) is 2.69. The molecule has 1 fully saturated rings. The van der Waals surface area contributed by atoms with Crippen molar-refractivity contribution >= 4 is 50.3 Å². The molecule has 4 aromatic rings. The minimum Gasteiger partial charge on any atom is -0.490 e. The van der Waals surface area contributed by atoms with Crippen molar-refractivity contribution in [1.29, 1.82) is 0 Å². The van der Waals surface area contributed by atoms with E-state index in [0.29, 0.717) is 47.5 Å². The Morgan fingerprint density at radius 1 is 0.911 bits per heavy atom. The predicted octanol–water partition coefficient (Wildman–Crippen LogP) is 5.18. The molecular weight excluding hydrogens is 656 g/mol. The van der Waals surface area contributed by atoms with Crippen LogP contribution in [0.15, 0.2) is 79.4 Å². The maximum absolute atomic E-state index is 12.5. The lowest BCUT2D eigenvalue weighted by Crippen LogP contribution is -2.46. The second-order valence-corrected chi connectivity index (χ2v) is 13.1. The summed E-state index contributed by atoms with van der Waals surface area (Å²) in [6.07, 6.45) is -1.96. The third-order valence-corrected chi connectivity index (χ3v) is 8.94. The zero-order valence-electron chi connectivity index (χ0n) is 23.7. The average molecular weight is 686 g/mol. The molecule has 240 valence electrons. The summed E-state index contributed by atoms with van der Waals surface area (Å²) in [4.78, 5) is 8.25. The quantitative estimate of drug-likeness (QED) is 0.222. The van der Waals surface area contributed by atoms with Gasteiger partial charge in [-0.3, -0.25) is 4.72 Å². The second-order valence-electron chi connectivity index (χ2n) is 10.5. The molecule has 5 rings (SSSR count). The number of aromatic nitrogens is 3. The number of nitrogens with zero attached hydrogens (tertiary/aromatic N) is 5. The minimum absolute atomic E-state index is 0.0487. The molecule has 1 aliphatic rings. The number of rotatable bonds is 11. The lowest BCUT2D eigenvalue weighted by Gasteiger charge is -2.37. The molecule has 10 nitrogen and oxygen atoms in total. The number of hydrogen-bond donors (Lipinski definition) is 2. The van der Waals surface area contributed by atoms with E-state index in [4.69, 9.17) is 27.9 Å². The van der Waals surface area contributed by atoms with Gasteiger partial charge in [0.25, 0.3) is 0 Å². The van der Waals surface area contributed by atoms with Crippen LogP contribution in [-0.4, -0.2) is 73.0 Å². The van der Waals surface area contributed by atoms with Gasteiger partial charge in [-0.1, -0.05) is 29.3 Å². The van der Waals surface area contributed by atoms with Crippen LogP contribution in [0.1, 0.15) is 5.56 Å². The summed E-state index contributed by atoms with van der Waals surface area (Å²) in [5.74, 6) is -1.40. The van der Waals surface area contributed by atoms with Crippen molar-refractivity contribution in [2.24, 2.45) is 0 Å². The molecule has 2 N–H and O–H groups in total. The van der Waals surface area contributed by atoms with Gasteiger partial charge in [-0.05, 0) is 60.7 Å². The molecule has 3 aromatic carbocycles. The zero-order chi connectivity index (χ0) is 32.2. The van der Waals surface area contributed by atoms with Gasteiger partial charge in [-0.25, -0.2) is 18.1 Å². The number of hydrogen-bond acceptors (Lipinski definition) is 8. The minimum atomic E-state index is -4.82. The van der Waals surface area contributed by atoms with E-state index < -0.39 is 27.6 Å². The van der Waals surface area contributed by atoms with E-state index in [1.54, 1.807) is 30.3 Å². The third-order valence-electron chi connectivity index (χ3n) is 7.14. The summed E-state index contributed by atoms with van der Waals surface area (Å²) >= 11 is 12.5. The van der Waals surface area contributed by atoms with Crippen LogP contribution in [0, 0.1) is 0 Å². The first kappa shape index (κ1) is 32.7. The van der Waals surface area contributed by atoms with Crippen LogP contribution < -0.4 is 19.3 Å². The van der Waals surface area contributed by atoms with E-state index in [0.717, 1.165) is 11.4 Å². The SMILES string of the molecule is O=S(=O)(CC(F)(F)F)Nc1ccc(N2CCN(c3ccc(OCC(O)(Cn4cncn4)c4ccc(Cl)cc4Cl)cc3)CC2)cc1. The summed E-state index contributed by atoms with van der Waals surface area (Å²) in [5, 5.41) is 16.5. The van der Waals surface area contributed by atoms with Crippen molar-refractivity contribution in [1.82, 2.24) is 14.8 Å². The fourth-order valence-electron chi connectivity index (χ4n) is 5.01. The van der Waals surface area contributed by atoms with Crippen LogP contribution in [0.2, 0.25) is 10.0 Å². The molecule has 0 saturated carbocycles. The van der Waals surface area contributed by atoms with Crippen LogP contribution in [-0.2, 0) is 22.2 Å². The Hall–Kier alpha value is -3.72. The standard InChI is InChI=1S/C29H29Cl2F3N6O4S/c30-21-1-10-26(27(31)15-21)28(41,16-40-20-35-19-36-40)17-44-25-8-6-24(7-9-25)39-13-11-38(12-14-39)23-4-2-22(3-5-23)37-45(42,43)18-29(32,33)34/h1-10,15,19-20,37,41H,11-14,16-18H2. The van der Waals surface area contributed by atoms with Gasteiger partial charge in [-0.2, -0.15) is 18.3 Å². The van der Waals surface area contributed by atoms with E-state index in [1.807, 2.05) is 29.0 Å². The molecular formula is C29H29Cl2F3N6O4S. The van der Waals surface area contributed by atoms with Crippen molar-refractivity contribution in [3.05, 3.63) is 95.0 Å². The summed E-state index contributed by atoms with van der Waals surface area (Å²) in [5.41, 5.74) is 0.787. The molecule has 1 aromatic heterocycles. The third kappa shape index (κ3) is 8.72. The second kappa shape index (κ2) is 13.3. The predicted molar refractivity (Wildman–Crippen MR) is 167 cm³/mol. The Balaban J connectivity index is 1.17. The molecule has 0 radical (unpaired) electrons. The van der Waals surface area contributed by atoms with Crippen molar-refractivity contribution in [2.75, 3.05) is 53.1 Å². The van der Waals surface area contributed by atoms with Gasteiger partial charge in [0.15, 0.2) is 5.75 Å². The number of halogens is 5. The number of anilines is 3. The van der Waals surface area contributed by atoms with Gasteiger partial charge >= 0.3 is 6.18 Å². The van der Waals surface area contributed by atoms with Crippen molar-refractivity contribution < 1.29 is 31.4 Å². The largest absolute Gasteiger partial charge is 0.490 e. The van der Waals surface area contributed by atoms with Crippen LogP contribution in [0.4, 0.5) is 30.2 Å². The van der Waals surface area contributed by atoms with Gasteiger partial charge in [0.1, 0.15) is 30.6 Å². The molecule has 0 spiro atoms. The number of piperazine rings is 1. The molecule has 0 bridgehead atoms. The highest BCUT2D eigenvalue weighted by Crippen LogP contribution is 2.33. The number of benzene rings is 3. The Labute approximate surface area is 268 Å². The Kier molecular flexibility index (Phi) is 9.68. The number of alkyl halides is 3. The van der Waals surface area contributed by atoms with Crippen molar-refractivity contribution in [3.8, 4) is 5.75 Å². The van der Waals surface area contributed by atoms with Gasteiger partial charge in [0.2, 0.25) is 10.0 Å². The highest BCUT2D eigenvalue weighted by atomic mass is 35.5. The van der Waals surface area contributed by atoms with Gasteiger partial charge in [0.05, 0.1) is 6.54 Å². The van der Waals surface area contributed by atoms with E-state index in [9.17, 15) is 26.7 Å². The van der Waals surface area contributed by atoms with Gasteiger partial charge < -0.3 is 19.6 Å². The van der Waals surface area contributed by atoms with E-state index in [1.165, 1.54) is 29.5 Å². The number of nitrogens with one attached hydrogen (secondary N) is 1. The van der Waals surface area contributed by atoms with Gasteiger partial charge in [-0.15, -0.1) is 0 Å². The molecule has 1 unspecified atom stereocenters. The summed E-state index contributed by atoms with van der Waals surface area (Å²) in [7, 11) is -4.54. The number of sulfonamides is 1. The van der Waals surface area contributed by atoms with E-state index in [-0.39, 0.29) is 18.8 Å². The van der Waals surface area contributed by atoms with E-state index >= 15 is 0 Å². The highest BCUT2D eigenvalue weighted by Gasteiger charge is 2.35. The molecule has 0 aliphatic carbocycles. The van der Waals surface area contributed by atoms with Crippen LogP contribution >= 0.6 is 23.2 Å². The fourth-order valence-corrected chi connectivity index (χ4v) is 6.59. The fraction of sp³-hybridized carbons (Fsp3) is 0.310. The lowest BCUT2D eigenvalue weighted by atomic mass is 9.94. The normalized spacial score (nSPS) is 15.5. The van der Waals surface area contributed by atoms with Gasteiger partial charge in [0, 0.05) is 58.8 Å². The Morgan fingerprint density at radius 2 is 1.51 bits per heavy atom. The molecule has 1 atom stereocenters. The maximum atomic E-state index is 12.5. The number of ether oxygens (including phenoxy) is 1. The lowest BCUT2D eigenvalue weighted by molar-refractivity contribution is -0.106. The topological polar surface area (TPSA) is 113 Å². The van der Waals surface area contributed by atoms with E-state index in [2.05, 4.69) is 19.9 Å². The maximum Gasteiger partial charge on any atom is 0.404 e. The Bertz CT molecular complexity index is 1690. The highest BCUT2D eigenvalue weighted by molar-refractivity contribution is 7.92. The molecule has 0 amide bonds. The summed E-state index contributed by atoms with van der Waals surface area (Å²) in [6, 6.07) is 18.6. The zero-order valence-corrected chi connectivity index (χ0v) is 26.0. The first-order valence-corrected chi connectivity index (χ1v) is 16.1. The summed E-state index contributed by atoms with van der Waals surface area (Å²) < 4.78 is 70.4. The number of aliphatic hydroxyl groups is 1. The van der Waals surface area contributed by atoms with Crippen molar-refractivity contribution in [2.45, 2.75) is 18.3 Å². The molecule has 1 saturated heterocycles. The van der Waals surface area contributed by atoms with Crippen LogP contribution in [0.25, 0.3) is 0 Å². The van der Waals surface area contributed by atoms with Crippen LogP contribution in [0.5, 0.6) is 5.75 Å². The van der Waals surface area contributed by atoms with Crippen LogP contribution in [0.3, 0.4) is 0 Å². The first-order valence-electron chi connectivity index (χ1n) is 13.7. The molecule has 45 heavy (non-hydrogen) atoms. The smallest absolute Gasteiger partial charge is 0.404 e. The van der Waals surface area contributed by atoms with Crippen molar-refractivity contribution in [3.63, 3.8) is 0 Å². The monoisotopic (exact) mass is 684 g/mol. The molecule has 16 heteroatoms. The molecule has 2 heterocycles.